The highest BCUT2D eigenvalue weighted by atomic mass is 35.5. The molecule has 1 aromatic carbocycles. The number of likely N-dealkylation sites (tertiary alicyclic amines) is 1. The molecule has 0 radical (unpaired) electrons. The SMILES string of the molecule is O=C(O)[C@@H]1CCN(C(=O)c2cccc(F)c2Cl)C1. The second-order valence-corrected chi connectivity index (χ2v) is 4.55. The molecule has 0 unspecified atom stereocenters. The number of hydrogen-bond acceptors (Lipinski definition) is 2. The highest BCUT2D eigenvalue weighted by Gasteiger charge is 2.32. The fraction of sp³-hybridized carbons (Fsp3) is 0.333. The van der Waals surface area contributed by atoms with Crippen molar-refractivity contribution >= 4 is 23.5 Å². The molecule has 1 amide bonds. The Morgan fingerprint density at radius 1 is 1.44 bits per heavy atom. The summed E-state index contributed by atoms with van der Waals surface area (Å²) in [5.41, 5.74) is 0.0719. The maximum Gasteiger partial charge on any atom is 0.308 e. The number of aliphatic carboxylic acids is 1. The Morgan fingerprint density at radius 3 is 2.78 bits per heavy atom. The van der Waals surface area contributed by atoms with Crippen molar-refractivity contribution in [2.75, 3.05) is 13.1 Å². The molecule has 4 nitrogen and oxygen atoms in total. The van der Waals surface area contributed by atoms with Crippen LogP contribution in [0.3, 0.4) is 0 Å². The largest absolute Gasteiger partial charge is 0.481 e. The molecular formula is C12H11ClFNO3. The van der Waals surface area contributed by atoms with E-state index < -0.39 is 23.6 Å². The average Bonchev–Trinajstić information content (AvgIpc) is 2.81. The van der Waals surface area contributed by atoms with Crippen molar-refractivity contribution in [3.05, 3.63) is 34.6 Å². The van der Waals surface area contributed by atoms with Gasteiger partial charge in [0.25, 0.3) is 5.91 Å². The second-order valence-electron chi connectivity index (χ2n) is 4.18. The first-order chi connectivity index (χ1) is 8.50. The number of halogens is 2. The minimum Gasteiger partial charge on any atom is -0.481 e. The molecule has 1 aliphatic heterocycles. The fourth-order valence-electron chi connectivity index (χ4n) is 1.99. The van der Waals surface area contributed by atoms with Gasteiger partial charge in [-0.25, -0.2) is 4.39 Å². The Labute approximate surface area is 108 Å². The third-order valence-electron chi connectivity index (χ3n) is 3.01. The number of hydrogen-bond donors (Lipinski definition) is 1. The van der Waals surface area contributed by atoms with E-state index in [0.29, 0.717) is 13.0 Å². The third-order valence-corrected chi connectivity index (χ3v) is 3.39. The summed E-state index contributed by atoms with van der Waals surface area (Å²) in [4.78, 5) is 24.3. The van der Waals surface area contributed by atoms with Crippen LogP contribution in [0.5, 0.6) is 0 Å². The van der Waals surface area contributed by atoms with Gasteiger partial charge in [0.1, 0.15) is 5.82 Å². The molecule has 1 fully saturated rings. The quantitative estimate of drug-likeness (QED) is 0.895. The van der Waals surface area contributed by atoms with Crippen LogP contribution in [0.15, 0.2) is 18.2 Å². The van der Waals surface area contributed by atoms with Crippen LogP contribution in [0.25, 0.3) is 0 Å². The van der Waals surface area contributed by atoms with Crippen LogP contribution in [0.1, 0.15) is 16.8 Å². The van der Waals surface area contributed by atoms with Crippen LogP contribution in [0.2, 0.25) is 5.02 Å². The lowest BCUT2D eigenvalue weighted by Crippen LogP contribution is -2.30. The normalized spacial score (nSPS) is 19.0. The lowest BCUT2D eigenvalue weighted by molar-refractivity contribution is -0.141. The van der Waals surface area contributed by atoms with E-state index in [-0.39, 0.29) is 17.1 Å². The first-order valence-electron chi connectivity index (χ1n) is 5.47. The van der Waals surface area contributed by atoms with Crippen LogP contribution in [0, 0.1) is 11.7 Å². The molecule has 1 N–H and O–H groups in total. The molecule has 1 atom stereocenters. The molecule has 0 aromatic heterocycles. The monoisotopic (exact) mass is 271 g/mol. The predicted octanol–water partition coefficient (Wildman–Crippen LogP) is 2.03. The van der Waals surface area contributed by atoms with Crippen LogP contribution in [0.4, 0.5) is 4.39 Å². The van der Waals surface area contributed by atoms with Crippen molar-refractivity contribution in [3.8, 4) is 0 Å². The zero-order valence-electron chi connectivity index (χ0n) is 9.40. The molecule has 1 saturated heterocycles. The van der Waals surface area contributed by atoms with Crippen LogP contribution < -0.4 is 0 Å². The summed E-state index contributed by atoms with van der Waals surface area (Å²) in [6.45, 7) is 0.490. The molecule has 0 spiro atoms. The maximum absolute atomic E-state index is 13.2. The van der Waals surface area contributed by atoms with Crippen LogP contribution in [-0.2, 0) is 4.79 Å². The Balaban J connectivity index is 2.18. The zero-order valence-corrected chi connectivity index (χ0v) is 10.2. The van der Waals surface area contributed by atoms with E-state index in [4.69, 9.17) is 16.7 Å². The van der Waals surface area contributed by atoms with E-state index in [2.05, 4.69) is 0 Å². The van der Waals surface area contributed by atoms with Crippen LogP contribution >= 0.6 is 11.6 Å². The van der Waals surface area contributed by atoms with E-state index in [0.717, 1.165) is 0 Å². The Morgan fingerprint density at radius 2 is 2.17 bits per heavy atom. The molecule has 2 rings (SSSR count). The molecule has 0 bridgehead atoms. The molecule has 1 aliphatic rings. The Hall–Kier alpha value is -1.62. The van der Waals surface area contributed by atoms with Gasteiger partial charge in [-0.05, 0) is 18.6 Å². The lowest BCUT2D eigenvalue weighted by Gasteiger charge is -2.16. The van der Waals surface area contributed by atoms with E-state index in [1.54, 1.807) is 0 Å². The van der Waals surface area contributed by atoms with Crippen molar-refractivity contribution in [3.63, 3.8) is 0 Å². The number of benzene rings is 1. The van der Waals surface area contributed by atoms with Gasteiger partial charge >= 0.3 is 5.97 Å². The van der Waals surface area contributed by atoms with E-state index >= 15 is 0 Å². The first-order valence-corrected chi connectivity index (χ1v) is 5.84. The lowest BCUT2D eigenvalue weighted by atomic mass is 10.1. The highest BCUT2D eigenvalue weighted by molar-refractivity contribution is 6.34. The van der Waals surface area contributed by atoms with Gasteiger partial charge in [0, 0.05) is 13.1 Å². The number of rotatable bonds is 2. The van der Waals surface area contributed by atoms with Gasteiger partial charge in [-0.2, -0.15) is 0 Å². The van der Waals surface area contributed by atoms with Gasteiger partial charge in [0.2, 0.25) is 0 Å². The topological polar surface area (TPSA) is 57.6 Å². The maximum atomic E-state index is 13.2. The van der Waals surface area contributed by atoms with Crippen molar-refractivity contribution < 1.29 is 19.1 Å². The summed E-state index contributed by atoms with van der Waals surface area (Å²) < 4.78 is 13.2. The molecule has 1 aromatic rings. The zero-order chi connectivity index (χ0) is 13.3. The molecule has 18 heavy (non-hydrogen) atoms. The minimum absolute atomic E-state index is 0.0719. The molecule has 0 saturated carbocycles. The van der Waals surface area contributed by atoms with Gasteiger partial charge < -0.3 is 10.0 Å². The number of carbonyl (C=O) groups excluding carboxylic acids is 1. The summed E-state index contributed by atoms with van der Waals surface area (Å²) in [6, 6.07) is 4.00. The van der Waals surface area contributed by atoms with Crippen molar-refractivity contribution in [2.24, 2.45) is 5.92 Å². The molecule has 6 heteroatoms. The number of nitrogens with zero attached hydrogens (tertiary/aromatic N) is 1. The Bertz CT molecular complexity index is 506. The predicted molar refractivity (Wildman–Crippen MR) is 63.1 cm³/mol. The summed E-state index contributed by atoms with van der Waals surface area (Å²) in [5, 5.41) is 8.64. The highest BCUT2D eigenvalue weighted by Crippen LogP contribution is 2.24. The third kappa shape index (κ3) is 2.31. The van der Waals surface area contributed by atoms with E-state index in [9.17, 15) is 14.0 Å². The smallest absolute Gasteiger partial charge is 0.308 e. The average molecular weight is 272 g/mol. The van der Waals surface area contributed by atoms with Crippen molar-refractivity contribution in [2.45, 2.75) is 6.42 Å². The van der Waals surface area contributed by atoms with E-state index in [1.807, 2.05) is 0 Å². The van der Waals surface area contributed by atoms with Crippen molar-refractivity contribution in [1.29, 1.82) is 0 Å². The first kappa shape index (κ1) is 12.8. The van der Waals surface area contributed by atoms with Gasteiger partial charge in [0.05, 0.1) is 16.5 Å². The summed E-state index contributed by atoms with van der Waals surface area (Å²) in [5.74, 6) is -2.56. The van der Waals surface area contributed by atoms with Gasteiger partial charge in [0.15, 0.2) is 0 Å². The number of carbonyl (C=O) groups is 2. The summed E-state index contributed by atoms with van der Waals surface area (Å²) >= 11 is 5.73. The van der Waals surface area contributed by atoms with Gasteiger partial charge in [-0.1, -0.05) is 17.7 Å². The van der Waals surface area contributed by atoms with E-state index in [1.165, 1.54) is 23.1 Å². The summed E-state index contributed by atoms with van der Waals surface area (Å²) in [6.07, 6.45) is 0.411. The summed E-state index contributed by atoms with van der Waals surface area (Å²) in [7, 11) is 0. The fourth-order valence-corrected chi connectivity index (χ4v) is 2.19. The van der Waals surface area contributed by atoms with Crippen molar-refractivity contribution in [1.82, 2.24) is 4.90 Å². The molecular weight excluding hydrogens is 261 g/mol. The van der Waals surface area contributed by atoms with Gasteiger partial charge in [-0.3, -0.25) is 9.59 Å². The number of carboxylic acids is 1. The number of amides is 1. The minimum atomic E-state index is -0.921. The second kappa shape index (κ2) is 4.94. The van der Waals surface area contributed by atoms with Gasteiger partial charge in [-0.15, -0.1) is 0 Å². The number of carboxylic acid groups (broad SMARTS) is 1. The molecule has 1 heterocycles. The standard InChI is InChI=1S/C12H11ClFNO3/c13-10-8(2-1-3-9(10)14)11(16)15-5-4-7(6-15)12(17)18/h1-3,7H,4-6H2,(H,17,18)/t7-/m1/s1. The van der Waals surface area contributed by atoms with Crippen LogP contribution in [-0.4, -0.2) is 35.0 Å². The Kier molecular flexibility index (Phi) is 3.52. The molecule has 0 aliphatic carbocycles. The molecule has 96 valence electrons.